The van der Waals surface area contributed by atoms with Crippen LogP contribution in [0.25, 0.3) is 0 Å². The van der Waals surface area contributed by atoms with Crippen molar-refractivity contribution in [2.45, 2.75) is 5.54 Å². The van der Waals surface area contributed by atoms with Crippen LogP contribution in [0.5, 0.6) is 0 Å². The second-order valence-electron chi connectivity index (χ2n) is 3.12. The molecule has 0 spiro atoms. The highest BCUT2D eigenvalue weighted by Crippen LogP contribution is 2.21. The van der Waals surface area contributed by atoms with Gasteiger partial charge in [-0.1, -0.05) is 0 Å². The Morgan fingerprint density at radius 1 is 1.14 bits per heavy atom. The van der Waals surface area contributed by atoms with Gasteiger partial charge in [0.15, 0.2) is 0 Å². The van der Waals surface area contributed by atoms with Gasteiger partial charge in [0.25, 0.3) is 0 Å². The van der Waals surface area contributed by atoms with Crippen molar-refractivity contribution in [2.75, 3.05) is 6.54 Å². The fraction of sp³-hybridized carbons (Fsp3) is 0.250. The molecule has 6 heteroatoms. The van der Waals surface area contributed by atoms with E-state index in [-0.39, 0.29) is 6.54 Å². The molecule has 6 N–H and O–H groups in total. The summed E-state index contributed by atoms with van der Waals surface area (Å²) in [5, 5.41) is 13.3. The van der Waals surface area contributed by atoms with E-state index in [4.69, 9.17) is 11.5 Å². The maximum absolute atomic E-state index is 6.16. The molecule has 2 rings (SSSR count). The van der Waals surface area contributed by atoms with Crippen LogP contribution in [0, 0.1) is 0 Å². The van der Waals surface area contributed by atoms with Gasteiger partial charge >= 0.3 is 0 Å². The van der Waals surface area contributed by atoms with Crippen molar-refractivity contribution >= 4 is 0 Å². The number of rotatable bonds is 3. The zero-order valence-corrected chi connectivity index (χ0v) is 7.57. The van der Waals surface area contributed by atoms with Gasteiger partial charge in [-0.25, -0.2) is 0 Å². The van der Waals surface area contributed by atoms with Gasteiger partial charge in [0.05, 0.1) is 11.4 Å². The molecular weight excluding hydrogens is 180 g/mol. The Balaban J connectivity index is 2.45. The highest BCUT2D eigenvalue weighted by molar-refractivity contribution is 5.27. The summed E-state index contributed by atoms with van der Waals surface area (Å²) in [7, 11) is 0. The first-order chi connectivity index (χ1) is 6.77. The van der Waals surface area contributed by atoms with Crippen LogP contribution in [-0.2, 0) is 5.54 Å². The van der Waals surface area contributed by atoms with Gasteiger partial charge < -0.3 is 11.5 Å². The van der Waals surface area contributed by atoms with E-state index in [2.05, 4.69) is 20.4 Å². The summed E-state index contributed by atoms with van der Waals surface area (Å²) >= 11 is 0. The molecule has 14 heavy (non-hydrogen) atoms. The molecule has 2 aromatic rings. The fourth-order valence-electron chi connectivity index (χ4n) is 1.37. The number of hydrogen-bond donors (Lipinski definition) is 4. The first-order valence-corrected chi connectivity index (χ1v) is 4.26. The number of aromatic nitrogens is 4. The lowest BCUT2D eigenvalue weighted by atomic mass is 9.93. The van der Waals surface area contributed by atoms with Gasteiger partial charge in [0, 0.05) is 18.9 Å². The Kier molecular flexibility index (Phi) is 2.06. The van der Waals surface area contributed by atoms with Crippen LogP contribution in [-0.4, -0.2) is 26.9 Å². The molecule has 6 nitrogen and oxygen atoms in total. The molecule has 0 aliphatic rings. The second-order valence-corrected chi connectivity index (χ2v) is 3.12. The molecule has 0 amide bonds. The van der Waals surface area contributed by atoms with Gasteiger partial charge in [-0.05, 0) is 12.1 Å². The summed E-state index contributed by atoms with van der Waals surface area (Å²) in [5.74, 6) is 0. The van der Waals surface area contributed by atoms with Crippen molar-refractivity contribution in [2.24, 2.45) is 11.5 Å². The third-order valence-electron chi connectivity index (χ3n) is 2.28. The Morgan fingerprint density at radius 3 is 1.93 bits per heavy atom. The molecular formula is C8H12N6. The lowest BCUT2D eigenvalue weighted by molar-refractivity contribution is 0.515. The molecule has 0 unspecified atom stereocenters. The van der Waals surface area contributed by atoms with E-state index in [0.717, 1.165) is 11.4 Å². The molecule has 0 fully saturated rings. The van der Waals surface area contributed by atoms with E-state index in [1.807, 2.05) is 0 Å². The molecule has 0 atom stereocenters. The Morgan fingerprint density at radius 2 is 1.64 bits per heavy atom. The number of H-pyrrole nitrogens is 2. The van der Waals surface area contributed by atoms with E-state index in [1.54, 1.807) is 24.5 Å². The smallest absolute Gasteiger partial charge is 0.112 e. The SMILES string of the molecule is NCC(N)(c1ccn[nH]1)c1ccn[nH]1. The van der Waals surface area contributed by atoms with Gasteiger partial charge in [0.1, 0.15) is 5.54 Å². The molecule has 74 valence electrons. The van der Waals surface area contributed by atoms with Crippen molar-refractivity contribution in [1.82, 2.24) is 20.4 Å². The minimum atomic E-state index is -0.771. The van der Waals surface area contributed by atoms with Crippen LogP contribution >= 0.6 is 0 Å². The van der Waals surface area contributed by atoms with Crippen molar-refractivity contribution in [3.05, 3.63) is 35.9 Å². The molecule has 0 radical (unpaired) electrons. The van der Waals surface area contributed by atoms with Gasteiger partial charge in [0.2, 0.25) is 0 Å². The van der Waals surface area contributed by atoms with Crippen LogP contribution < -0.4 is 11.5 Å². The van der Waals surface area contributed by atoms with E-state index >= 15 is 0 Å². The number of nitrogens with two attached hydrogens (primary N) is 2. The molecule has 0 aliphatic heterocycles. The van der Waals surface area contributed by atoms with Crippen molar-refractivity contribution in [3.8, 4) is 0 Å². The number of aromatic amines is 2. The molecule has 0 aromatic carbocycles. The monoisotopic (exact) mass is 192 g/mol. The van der Waals surface area contributed by atoms with Gasteiger partial charge in [-0.3, -0.25) is 10.2 Å². The minimum Gasteiger partial charge on any atom is -0.328 e. The topological polar surface area (TPSA) is 109 Å². The molecule has 2 heterocycles. The van der Waals surface area contributed by atoms with E-state index < -0.39 is 5.54 Å². The highest BCUT2D eigenvalue weighted by atomic mass is 15.2. The quantitative estimate of drug-likeness (QED) is 0.515. The highest BCUT2D eigenvalue weighted by Gasteiger charge is 2.30. The zero-order chi connectivity index (χ0) is 10.0. The largest absolute Gasteiger partial charge is 0.328 e. The Labute approximate surface area is 80.7 Å². The fourth-order valence-corrected chi connectivity index (χ4v) is 1.37. The van der Waals surface area contributed by atoms with E-state index in [0.29, 0.717) is 0 Å². The Bertz CT molecular complexity index is 342. The van der Waals surface area contributed by atoms with Crippen LogP contribution in [0.2, 0.25) is 0 Å². The van der Waals surface area contributed by atoms with E-state index in [9.17, 15) is 0 Å². The summed E-state index contributed by atoms with van der Waals surface area (Å²) in [6.45, 7) is 0.275. The summed E-state index contributed by atoms with van der Waals surface area (Å²) in [6, 6.07) is 3.60. The van der Waals surface area contributed by atoms with Crippen LogP contribution in [0.1, 0.15) is 11.4 Å². The summed E-state index contributed by atoms with van der Waals surface area (Å²) in [4.78, 5) is 0. The first-order valence-electron chi connectivity index (χ1n) is 4.26. The first kappa shape index (κ1) is 8.92. The standard InChI is InChI=1S/C8H12N6/c9-5-8(10,6-1-3-11-13-6)7-2-4-12-14-7/h1-4H,5,9-10H2,(H,11,13)(H,12,14). The number of nitrogens with zero attached hydrogens (tertiary/aromatic N) is 2. The summed E-state index contributed by atoms with van der Waals surface area (Å²) in [6.07, 6.45) is 3.28. The third kappa shape index (κ3) is 1.21. The second kappa shape index (κ2) is 3.24. The normalized spacial score (nSPS) is 11.9. The average Bonchev–Trinajstić information content (AvgIpc) is 2.88. The lowest BCUT2D eigenvalue weighted by Gasteiger charge is -2.24. The van der Waals surface area contributed by atoms with Crippen molar-refractivity contribution < 1.29 is 0 Å². The predicted molar refractivity (Wildman–Crippen MR) is 51.2 cm³/mol. The van der Waals surface area contributed by atoms with Crippen molar-refractivity contribution in [1.29, 1.82) is 0 Å². The van der Waals surface area contributed by atoms with E-state index in [1.165, 1.54) is 0 Å². The average molecular weight is 192 g/mol. The predicted octanol–water partition coefficient (Wildman–Crippen LogP) is -0.706. The third-order valence-corrected chi connectivity index (χ3v) is 2.28. The number of nitrogens with one attached hydrogen (secondary N) is 2. The van der Waals surface area contributed by atoms with Crippen molar-refractivity contribution in [3.63, 3.8) is 0 Å². The van der Waals surface area contributed by atoms with Crippen LogP contribution in [0.3, 0.4) is 0 Å². The maximum Gasteiger partial charge on any atom is 0.112 e. The summed E-state index contributed by atoms with van der Waals surface area (Å²) in [5.41, 5.74) is 12.6. The summed E-state index contributed by atoms with van der Waals surface area (Å²) < 4.78 is 0. The molecule has 0 saturated heterocycles. The minimum absolute atomic E-state index is 0.275. The van der Waals surface area contributed by atoms with Gasteiger partial charge in [-0.2, -0.15) is 10.2 Å². The zero-order valence-electron chi connectivity index (χ0n) is 7.57. The molecule has 0 bridgehead atoms. The van der Waals surface area contributed by atoms with Crippen LogP contribution in [0.15, 0.2) is 24.5 Å². The Hall–Kier alpha value is -1.66. The molecule has 0 saturated carbocycles. The van der Waals surface area contributed by atoms with Crippen LogP contribution in [0.4, 0.5) is 0 Å². The van der Waals surface area contributed by atoms with Gasteiger partial charge in [-0.15, -0.1) is 0 Å². The molecule has 2 aromatic heterocycles. The number of hydrogen-bond acceptors (Lipinski definition) is 4. The lowest BCUT2D eigenvalue weighted by Crippen LogP contribution is -2.45. The maximum atomic E-state index is 6.16. The molecule has 0 aliphatic carbocycles.